The van der Waals surface area contributed by atoms with E-state index in [-0.39, 0.29) is 16.8 Å². The van der Waals surface area contributed by atoms with Gasteiger partial charge in [-0.05, 0) is 38.3 Å². The largest absolute Gasteiger partial charge is 0.478 e. The van der Waals surface area contributed by atoms with Crippen molar-refractivity contribution in [2.75, 3.05) is 0 Å². The van der Waals surface area contributed by atoms with E-state index in [2.05, 4.69) is 11.9 Å². The molecule has 0 spiro atoms. The molecule has 0 bridgehead atoms. The van der Waals surface area contributed by atoms with Crippen molar-refractivity contribution in [1.29, 1.82) is 0 Å². The Hall–Kier alpha value is -1.88. The molecular formula is C18H22ClF2NO2. The standard InChI is InChI=1S/C18H22ClF2NO2/c1-5-12(19)10-14(11(2)3)16(18(4,20)21)22-15-9-7-6-8-13(15)17(23)24/h5,8-10,16,22H,2,6-7H2,1,3-4H3,(H,23,24)/b12-5+,14-10+. The molecule has 0 aliphatic heterocycles. The normalized spacial score (nSPS) is 17.8. The highest BCUT2D eigenvalue weighted by molar-refractivity contribution is 6.31. The fraction of sp³-hybridized carbons (Fsp3) is 0.389. The van der Waals surface area contributed by atoms with Gasteiger partial charge in [-0.1, -0.05) is 42.0 Å². The van der Waals surface area contributed by atoms with Crippen molar-refractivity contribution >= 4 is 17.6 Å². The first-order chi connectivity index (χ1) is 11.1. The molecule has 1 rings (SSSR count). The smallest absolute Gasteiger partial charge is 0.337 e. The highest BCUT2D eigenvalue weighted by Gasteiger charge is 2.38. The van der Waals surface area contributed by atoms with Crippen molar-refractivity contribution < 1.29 is 18.7 Å². The molecule has 0 fully saturated rings. The molecule has 6 heteroatoms. The number of hydrogen-bond acceptors (Lipinski definition) is 2. The predicted octanol–water partition coefficient (Wildman–Crippen LogP) is 4.93. The van der Waals surface area contributed by atoms with E-state index in [4.69, 9.17) is 11.6 Å². The van der Waals surface area contributed by atoms with Crippen molar-refractivity contribution in [2.24, 2.45) is 0 Å². The molecule has 0 saturated carbocycles. The molecule has 0 aromatic heterocycles. The molecule has 0 saturated heterocycles. The van der Waals surface area contributed by atoms with Crippen LogP contribution < -0.4 is 5.32 Å². The van der Waals surface area contributed by atoms with Crippen molar-refractivity contribution in [3.8, 4) is 0 Å². The lowest BCUT2D eigenvalue weighted by Crippen LogP contribution is -2.45. The summed E-state index contributed by atoms with van der Waals surface area (Å²) in [5.74, 6) is -4.31. The monoisotopic (exact) mass is 357 g/mol. The Morgan fingerprint density at radius 3 is 2.50 bits per heavy atom. The maximum atomic E-state index is 14.2. The zero-order chi connectivity index (χ0) is 18.5. The molecule has 1 aliphatic carbocycles. The van der Waals surface area contributed by atoms with Crippen LogP contribution >= 0.6 is 11.6 Å². The van der Waals surface area contributed by atoms with Crippen LogP contribution in [0, 0.1) is 0 Å². The number of allylic oxidation sites excluding steroid dienone is 5. The van der Waals surface area contributed by atoms with Crippen LogP contribution in [0.5, 0.6) is 0 Å². The van der Waals surface area contributed by atoms with Crippen LogP contribution in [0.4, 0.5) is 8.78 Å². The van der Waals surface area contributed by atoms with Crippen LogP contribution in [0.1, 0.15) is 33.6 Å². The van der Waals surface area contributed by atoms with Gasteiger partial charge >= 0.3 is 5.97 Å². The second kappa shape index (κ2) is 8.29. The summed E-state index contributed by atoms with van der Waals surface area (Å²) in [6.45, 7) is 7.82. The summed E-state index contributed by atoms with van der Waals surface area (Å²) in [6, 6.07) is -1.45. The Bertz CT molecular complexity index is 640. The zero-order valence-electron chi connectivity index (χ0n) is 14.0. The van der Waals surface area contributed by atoms with Gasteiger partial charge in [0.1, 0.15) is 6.04 Å². The van der Waals surface area contributed by atoms with Gasteiger partial charge in [0.05, 0.1) is 5.57 Å². The Morgan fingerprint density at radius 1 is 1.46 bits per heavy atom. The summed E-state index contributed by atoms with van der Waals surface area (Å²) >= 11 is 5.97. The van der Waals surface area contributed by atoms with E-state index in [0.717, 1.165) is 6.92 Å². The van der Waals surface area contributed by atoms with E-state index in [9.17, 15) is 18.7 Å². The van der Waals surface area contributed by atoms with Gasteiger partial charge in [0.15, 0.2) is 0 Å². The third-order valence-electron chi connectivity index (χ3n) is 3.56. The lowest BCUT2D eigenvalue weighted by molar-refractivity contribution is -0.132. The molecule has 1 unspecified atom stereocenters. The highest BCUT2D eigenvalue weighted by Crippen LogP contribution is 2.31. The maximum absolute atomic E-state index is 14.2. The molecule has 0 aromatic carbocycles. The first-order valence-electron chi connectivity index (χ1n) is 7.55. The van der Waals surface area contributed by atoms with Gasteiger partial charge in [0, 0.05) is 17.7 Å². The molecule has 0 aromatic rings. The second-order valence-corrected chi connectivity index (χ2v) is 6.14. The zero-order valence-corrected chi connectivity index (χ0v) is 14.8. The molecule has 0 heterocycles. The summed E-state index contributed by atoms with van der Waals surface area (Å²) in [4.78, 5) is 11.3. The molecular weight excluding hydrogens is 336 g/mol. The van der Waals surface area contributed by atoms with Crippen molar-refractivity contribution in [3.63, 3.8) is 0 Å². The molecule has 2 N–H and O–H groups in total. The summed E-state index contributed by atoms with van der Waals surface area (Å²) in [7, 11) is 0. The molecule has 24 heavy (non-hydrogen) atoms. The average molecular weight is 358 g/mol. The van der Waals surface area contributed by atoms with Crippen molar-refractivity contribution in [2.45, 2.75) is 45.6 Å². The SMILES string of the molecule is C=C(C)/C(=C\C(Cl)=C/C)C(NC1=CCCC=C1C(=O)O)C(C)(F)F. The minimum Gasteiger partial charge on any atom is -0.478 e. The molecule has 3 nitrogen and oxygen atoms in total. The number of carboxylic acid groups (broad SMARTS) is 1. The van der Waals surface area contributed by atoms with Crippen LogP contribution in [0.25, 0.3) is 0 Å². The number of hydrogen-bond donors (Lipinski definition) is 2. The van der Waals surface area contributed by atoms with Gasteiger partial charge < -0.3 is 10.4 Å². The average Bonchev–Trinajstić information content (AvgIpc) is 2.49. The number of aliphatic carboxylic acids is 1. The molecule has 1 atom stereocenters. The minimum absolute atomic E-state index is 0.00584. The van der Waals surface area contributed by atoms with Crippen LogP contribution in [-0.2, 0) is 4.79 Å². The third-order valence-corrected chi connectivity index (χ3v) is 3.89. The lowest BCUT2D eigenvalue weighted by atomic mass is 9.93. The van der Waals surface area contributed by atoms with Gasteiger partial charge in [-0.2, -0.15) is 0 Å². The van der Waals surface area contributed by atoms with Crippen molar-refractivity contribution in [1.82, 2.24) is 5.32 Å². The van der Waals surface area contributed by atoms with Gasteiger partial charge in [-0.3, -0.25) is 0 Å². The molecule has 132 valence electrons. The minimum atomic E-state index is -3.16. The van der Waals surface area contributed by atoms with Gasteiger partial charge in [0.2, 0.25) is 0 Å². The van der Waals surface area contributed by atoms with Crippen LogP contribution in [0.15, 0.2) is 58.3 Å². The van der Waals surface area contributed by atoms with Crippen molar-refractivity contribution in [3.05, 3.63) is 58.3 Å². The number of carbonyl (C=O) groups is 1. The fourth-order valence-corrected chi connectivity index (χ4v) is 2.45. The maximum Gasteiger partial charge on any atom is 0.337 e. The lowest BCUT2D eigenvalue weighted by Gasteiger charge is -2.30. The predicted molar refractivity (Wildman–Crippen MR) is 93.1 cm³/mol. The Kier molecular flexibility index (Phi) is 6.96. The summed E-state index contributed by atoms with van der Waals surface area (Å²) in [5.41, 5.74) is 0.825. The van der Waals surface area contributed by atoms with Crippen LogP contribution in [-0.4, -0.2) is 23.0 Å². The molecule has 0 amide bonds. The number of halogens is 3. The number of nitrogens with one attached hydrogen (secondary N) is 1. The van der Waals surface area contributed by atoms with E-state index in [0.29, 0.717) is 23.4 Å². The number of alkyl halides is 2. The Balaban J connectivity index is 3.30. The topological polar surface area (TPSA) is 49.3 Å². The summed E-state index contributed by atoms with van der Waals surface area (Å²) < 4.78 is 28.5. The van der Waals surface area contributed by atoms with Gasteiger partial charge in [0.25, 0.3) is 5.92 Å². The van der Waals surface area contributed by atoms with Crippen LogP contribution in [0.3, 0.4) is 0 Å². The number of rotatable bonds is 7. The van der Waals surface area contributed by atoms with Crippen LogP contribution in [0.2, 0.25) is 0 Å². The Labute approximate surface area is 146 Å². The number of carboxylic acids is 1. The third kappa shape index (κ3) is 5.34. The fourth-order valence-electron chi connectivity index (χ4n) is 2.33. The summed E-state index contributed by atoms with van der Waals surface area (Å²) in [6.07, 6.45) is 7.30. The van der Waals surface area contributed by atoms with E-state index in [1.807, 2.05) is 0 Å². The highest BCUT2D eigenvalue weighted by atomic mass is 35.5. The van der Waals surface area contributed by atoms with E-state index >= 15 is 0 Å². The van der Waals surface area contributed by atoms with Gasteiger partial charge in [-0.15, -0.1) is 0 Å². The van der Waals surface area contributed by atoms with Gasteiger partial charge in [-0.25, -0.2) is 13.6 Å². The second-order valence-electron chi connectivity index (χ2n) is 5.71. The van der Waals surface area contributed by atoms with E-state index in [1.54, 1.807) is 26.0 Å². The molecule has 1 aliphatic rings. The quantitative estimate of drug-likeness (QED) is 0.635. The Morgan fingerprint density at radius 2 is 2.04 bits per heavy atom. The first kappa shape index (κ1) is 20.2. The summed E-state index contributed by atoms with van der Waals surface area (Å²) in [5, 5.41) is 12.2. The molecule has 0 radical (unpaired) electrons. The first-order valence-corrected chi connectivity index (χ1v) is 7.93. The van der Waals surface area contributed by atoms with E-state index in [1.165, 1.54) is 12.2 Å². The van der Waals surface area contributed by atoms with E-state index < -0.39 is 17.9 Å².